The van der Waals surface area contributed by atoms with E-state index in [0.29, 0.717) is 24.6 Å². The summed E-state index contributed by atoms with van der Waals surface area (Å²) in [6.45, 7) is 5.05. The SMILES string of the molecule is CC(C)CCn1c(SCc2csc(CC(=O)N(C)C)n2)nc2sc3c(c2c1=O)CCCC3. The van der Waals surface area contributed by atoms with Crippen molar-refractivity contribution in [1.29, 1.82) is 0 Å². The number of thiazole rings is 1. The fraction of sp³-hybridized carbons (Fsp3) is 0.565. The summed E-state index contributed by atoms with van der Waals surface area (Å²) in [6, 6.07) is 0. The van der Waals surface area contributed by atoms with Crippen LogP contribution in [0.4, 0.5) is 0 Å². The van der Waals surface area contributed by atoms with Gasteiger partial charge >= 0.3 is 0 Å². The van der Waals surface area contributed by atoms with Crippen molar-refractivity contribution >= 4 is 50.6 Å². The van der Waals surface area contributed by atoms with E-state index in [-0.39, 0.29) is 11.5 Å². The lowest BCUT2D eigenvalue weighted by Gasteiger charge is -2.14. The minimum absolute atomic E-state index is 0.0508. The molecular weight excluding hydrogens is 460 g/mol. The van der Waals surface area contributed by atoms with Gasteiger partial charge in [-0.3, -0.25) is 14.2 Å². The second-order valence-corrected chi connectivity index (χ2v) is 11.9. The number of carbonyl (C=O) groups excluding carboxylic acids is 1. The Morgan fingerprint density at radius 1 is 1.25 bits per heavy atom. The first-order chi connectivity index (χ1) is 15.3. The van der Waals surface area contributed by atoms with Gasteiger partial charge in [-0.15, -0.1) is 22.7 Å². The van der Waals surface area contributed by atoms with Crippen molar-refractivity contribution in [3.05, 3.63) is 36.9 Å². The number of rotatable bonds is 8. The number of aryl methyl sites for hydroxylation is 2. The van der Waals surface area contributed by atoms with Gasteiger partial charge < -0.3 is 4.90 Å². The lowest BCUT2D eigenvalue weighted by atomic mass is 9.97. The smallest absolute Gasteiger partial charge is 0.263 e. The van der Waals surface area contributed by atoms with Gasteiger partial charge in [-0.1, -0.05) is 25.6 Å². The third kappa shape index (κ3) is 5.10. The zero-order valence-corrected chi connectivity index (χ0v) is 21.6. The summed E-state index contributed by atoms with van der Waals surface area (Å²) in [6.07, 6.45) is 5.69. The molecule has 0 aromatic carbocycles. The number of amides is 1. The van der Waals surface area contributed by atoms with Crippen LogP contribution in [-0.2, 0) is 36.4 Å². The second-order valence-electron chi connectivity index (χ2n) is 8.91. The van der Waals surface area contributed by atoms with E-state index < -0.39 is 0 Å². The standard InChI is InChI=1S/C23H30N4O2S3/c1-14(2)9-10-27-22(29)20-16-7-5-6-8-17(16)32-21(20)25-23(27)31-13-15-12-30-18(24-15)11-19(28)26(3)4/h12,14H,5-11,13H2,1-4H3. The van der Waals surface area contributed by atoms with Crippen LogP contribution in [0.3, 0.4) is 0 Å². The van der Waals surface area contributed by atoms with E-state index in [4.69, 9.17) is 4.98 Å². The largest absolute Gasteiger partial charge is 0.348 e. The van der Waals surface area contributed by atoms with Crippen molar-refractivity contribution in [2.75, 3.05) is 14.1 Å². The molecule has 0 unspecified atom stereocenters. The molecular formula is C23H30N4O2S3. The molecule has 1 aliphatic carbocycles. The molecule has 1 aliphatic rings. The molecule has 0 radical (unpaired) electrons. The highest BCUT2D eigenvalue weighted by molar-refractivity contribution is 7.98. The van der Waals surface area contributed by atoms with E-state index in [1.54, 1.807) is 42.1 Å². The summed E-state index contributed by atoms with van der Waals surface area (Å²) in [5, 5.41) is 4.46. The number of nitrogens with zero attached hydrogens (tertiary/aromatic N) is 4. The van der Waals surface area contributed by atoms with Crippen LogP contribution in [0.2, 0.25) is 0 Å². The Bertz CT molecular complexity index is 1180. The van der Waals surface area contributed by atoms with Gasteiger partial charge in [0, 0.05) is 36.7 Å². The first-order valence-electron chi connectivity index (χ1n) is 11.1. The molecule has 0 bridgehead atoms. The molecule has 0 spiro atoms. The van der Waals surface area contributed by atoms with Gasteiger partial charge in [-0.25, -0.2) is 9.97 Å². The van der Waals surface area contributed by atoms with E-state index in [2.05, 4.69) is 18.8 Å². The molecule has 9 heteroatoms. The van der Waals surface area contributed by atoms with E-state index in [1.807, 2.05) is 9.95 Å². The summed E-state index contributed by atoms with van der Waals surface area (Å²) < 4.78 is 1.89. The summed E-state index contributed by atoms with van der Waals surface area (Å²) in [5.74, 6) is 1.20. The predicted octanol–water partition coefficient (Wildman–Crippen LogP) is 4.76. The maximum absolute atomic E-state index is 13.6. The molecule has 0 atom stereocenters. The molecule has 0 aliphatic heterocycles. The zero-order valence-electron chi connectivity index (χ0n) is 19.1. The molecule has 3 aromatic rings. The topological polar surface area (TPSA) is 68.1 Å². The molecule has 0 fully saturated rings. The highest BCUT2D eigenvalue weighted by Gasteiger charge is 2.22. The number of fused-ring (bicyclic) bond motifs is 3. The number of likely N-dealkylation sites (N-methyl/N-ethyl adjacent to an activating group) is 1. The van der Waals surface area contributed by atoms with Gasteiger partial charge in [0.1, 0.15) is 9.84 Å². The van der Waals surface area contributed by atoms with Crippen LogP contribution in [-0.4, -0.2) is 39.4 Å². The molecule has 32 heavy (non-hydrogen) atoms. The minimum atomic E-state index is 0.0508. The van der Waals surface area contributed by atoms with Crippen LogP contribution in [0.5, 0.6) is 0 Å². The van der Waals surface area contributed by atoms with Gasteiger partial charge in [-0.2, -0.15) is 0 Å². The van der Waals surface area contributed by atoms with Crippen molar-refractivity contribution in [3.8, 4) is 0 Å². The summed E-state index contributed by atoms with van der Waals surface area (Å²) >= 11 is 4.79. The third-order valence-corrected chi connectivity index (χ3v) is 8.81. The van der Waals surface area contributed by atoms with E-state index in [9.17, 15) is 9.59 Å². The molecule has 3 aromatic heterocycles. The normalized spacial score (nSPS) is 13.7. The molecule has 4 rings (SSSR count). The average Bonchev–Trinajstić information content (AvgIpc) is 3.35. The molecule has 0 N–H and O–H groups in total. The molecule has 6 nitrogen and oxygen atoms in total. The Morgan fingerprint density at radius 2 is 2.03 bits per heavy atom. The number of thioether (sulfide) groups is 1. The maximum Gasteiger partial charge on any atom is 0.263 e. The Labute approximate surface area is 201 Å². The molecule has 1 amide bonds. The summed E-state index contributed by atoms with van der Waals surface area (Å²) in [7, 11) is 3.51. The lowest BCUT2D eigenvalue weighted by molar-refractivity contribution is -0.127. The highest BCUT2D eigenvalue weighted by Crippen LogP contribution is 2.35. The predicted molar refractivity (Wildman–Crippen MR) is 134 cm³/mol. The lowest BCUT2D eigenvalue weighted by Crippen LogP contribution is -2.24. The van der Waals surface area contributed by atoms with E-state index in [1.165, 1.54) is 28.2 Å². The van der Waals surface area contributed by atoms with Gasteiger partial charge in [0.2, 0.25) is 5.91 Å². The maximum atomic E-state index is 13.6. The first kappa shape index (κ1) is 23.4. The Hall–Kier alpha value is -1.71. The van der Waals surface area contributed by atoms with Crippen molar-refractivity contribution in [2.45, 2.75) is 69.8 Å². The van der Waals surface area contributed by atoms with Crippen molar-refractivity contribution < 1.29 is 4.79 Å². The fourth-order valence-electron chi connectivity index (χ4n) is 3.84. The number of thiophene rings is 1. The fourth-order valence-corrected chi connectivity index (χ4v) is 6.95. The zero-order chi connectivity index (χ0) is 22.8. The van der Waals surface area contributed by atoms with Gasteiger partial charge in [0.15, 0.2) is 5.16 Å². The molecule has 3 heterocycles. The number of carbonyl (C=O) groups is 1. The van der Waals surface area contributed by atoms with Crippen LogP contribution in [0.1, 0.15) is 54.3 Å². The summed E-state index contributed by atoms with van der Waals surface area (Å²) in [5.41, 5.74) is 2.29. The minimum Gasteiger partial charge on any atom is -0.348 e. The van der Waals surface area contributed by atoms with Crippen molar-refractivity contribution in [2.24, 2.45) is 5.92 Å². The second kappa shape index (κ2) is 10.1. The molecule has 172 valence electrons. The Kier molecular flexibility index (Phi) is 7.37. The Morgan fingerprint density at radius 3 is 2.78 bits per heavy atom. The number of hydrogen-bond donors (Lipinski definition) is 0. The monoisotopic (exact) mass is 490 g/mol. The third-order valence-electron chi connectivity index (χ3n) is 5.72. The Balaban J connectivity index is 1.61. The van der Waals surface area contributed by atoms with E-state index >= 15 is 0 Å². The van der Waals surface area contributed by atoms with Crippen LogP contribution in [0.25, 0.3) is 10.2 Å². The van der Waals surface area contributed by atoms with Gasteiger partial charge in [0.25, 0.3) is 5.56 Å². The van der Waals surface area contributed by atoms with Crippen molar-refractivity contribution in [1.82, 2.24) is 19.4 Å². The van der Waals surface area contributed by atoms with Gasteiger partial charge in [-0.05, 0) is 43.6 Å². The molecule has 0 saturated carbocycles. The van der Waals surface area contributed by atoms with Gasteiger partial charge in [0.05, 0.1) is 17.5 Å². The number of aromatic nitrogens is 3. The number of hydrogen-bond acceptors (Lipinski definition) is 7. The average molecular weight is 491 g/mol. The van der Waals surface area contributed by atoms with Crippen LogP contribution >= 0.6 is 34.4 Å². The summed E-state index contributed by atoms with van der Waals surface area (Å²) in [4.78, 5) is 38.9. The molecule has 0 saturated heterocycles. The van der Waals surface area contributed by atoms with Crippen LogP contribution < -0.4 is 5.56 Å². The quantitative estimate of drug-likeness (QED) is 0.336. The first-order valence-corrected chi connectivity index (χ1v) is 13.8. The van der Waals surface area contributed by atoms with Crippen LogP contribution in [0.15, 0.2) is 15.3 Å². The van der Waals surface area contributed by atoms with Crippen LogP contribution in [0, 0.1) is 5.92 Å². The van der Waals surface area contributed by atoms with Crippen molar-refractivity contribution in [3.63, 3.8) is 0 Å². The highest BCUT2D eigenvalue weighted by atomic mass is 32.2. The van der Waals surface area contributed by atoms with E-state index in [0.717, 1.165) is 51.8 Å².